The summed E-state index contributed by atoms with van der Waals surface area (Å²) in [5.41, 5.74) is 0. The maximum Gasteiger partial charge on any atom is 0.264 e. The van der Waals surface area contributed by atoms with Gasteiger partial charge in [-0.1, -0.05) is 0 Å². The van der Waals surface area contributed by atoms with Crippen LogP contribution in [0.1, 0.15) is 26.4 Å². The average Bonchev–Trinajstić information content (AvgIpc) is 3.22. The van der Waals surface area contributed by atoms with Gasteiger partial charge in [0.1, 0.15) is 11.9 Å². The Balaban J connectivity index is 0.00000261. The van der Waals surface area contributed by atoms with Crippen LogP contribution in [0.2, 0.25) is 0 Å². The van der Waals surface area contributed by atoms with Gasteiger partial charge in [-0.25, -0.2) is 18.1 Å². The molecule has 2 aromatic rings. The minimum Gasteiger partial charge on any atom is -0.336 e. The van der Waals surface area contributed by atoms with Gasteiger partial charge in [-0.2, -0.15) is 0 Å². The summed E-state index contributed by atoms with van der Waals surface area (Å²) in [6, 6.07) is 3.61. The predicted octanol–water partition coefficient (Wildman–Crippen LogP) is 0.782. The normalized spacial score (nSPS) is 17.6. The van der Waals surface area contributed by atoms with Crippen molar-refractivity contribution in [1.29, 1.82) is 0 Å². The molecular formula is C16H24ClN5O3S2. The number of piperazine rings is 1. The molecule has 2 aromatic heterocycles. The molecule has 0 bridgehead atoms. The van der Waals surface area contributed by atoms with Crippen molar-refractivity contribution in [2.45, 2.75) is 12.5 Å². The Morgan fingerprint density at radius 2 is 2.22 bits per heavy atom. The van der Waals surface area contributed by atoms with Crippen LogP contribution in [0.25, 0.3) is 0 Å². The Hall–Kier alpha value is -1.46. The number of hydrogen-bond acceptors (Lipinski definition) is 6. The van der Waals surface area contributed by atoms with Gasteiger partial charge in [0.15, 0.2) is 0 Å². The van der Waals surface area contributed by atoms with E-state index in [0.717, 1.165) is 23.5 Å². The van der Waals surface area contributed by atoms with E-state index in [9.17, 15) is 13.2 Å². The van der Waals surface area contributed by atoms with E-state index in [1.165, 1.54) is 11.3 Å². The zero-order valence-electron chi connectivity index (χ0n) is 15.2. The SMILES string of the molecule is Cl.Cn1ccnc1C1CNCCN1C(=O)c1ccc(CCNS(C)(=O)=O)s1. The van der Waals surface area contributed by atoms with Crippen LogP contribution in [0.3, 0.4) is 0 Å². The molecule has 1 saturated heterocycles. The molecule has 0 spiro atoms. The molecule has 3 heterocycles. The molecule has 1 aliphatic rings. The van der Waals surface area contributed by atoms with Crippen molar-refractivity contribution in [1.82, 2.24) is 24.5 Å². The lowest BCUT2D eigenvalue weighted by Gasteiger charge is -2.35. The van der Waals surface area contributed by atoms with E-state index in [2.05, 4.69) is 15.0 Å². The number of carbonyl (C=O) groups excluding carboxylic acids is 1. The third kappa shape index (κ3) is 5.52. The Labute approximate surface area is 169 Å². The number of aryl methyl sites for hydroxylation is 1. The largest absolute Gasteiger partial charge is 0.336 e. The summed E-state index contributed by atoms with van der Waals surface area (Å²) in [5, 5.41) is 3.32. The number of halogens is 1. The highest BCUT2D eigenvalue weighted by Crippen LogP contribution is 2.26. The summed E-state index contributed by atoms with van der Waals surface area (Å²) in [7, 11) is -1.27. The van der Waals surface area contributed by atoms with Crippen molar-refractivity contribution in [3.8, 4) is 0 Å². The first kappa shape index (κ1) is 21.8. The fourth-order valence-corrected chi connectivity index (χ4v) is 4.44. The van der Waals surface area contributed by atoms with E-state index in [4.69, 9.17) is 0 Å². The Bertz CT molecular complexity index is 880. The summed E-state index contributed by atoms with van der Waals surface area (Å²) in [5.74, 6) is 0.853. The van der Waals surface area contributed by atoms with Gasteiger partial charge >= 0.3 is 0 Å². The van der Waals surface area contributed by atoms with E-state index in [1.54, 1.807) is 6.20 Å². The minimum atomic E-state index is -3.19. The number of amides is 1. The molecule has 0 saturated carbocycles. The van der Waals surface area contributed by atoms with Gasteiger partial charge in [0.2, 0.25) is 10.0 Å². The molecule has 11 heteroatoms. The third-order valence-corrected chi connectivity index (χ3v) is 6.13. The topological polar surface area (TPSA) is 96.3 Å². The number of nitrogens with one attached hydrogen (secondary N) is 2. The first-order chi connectivity index (χ1) is 12.3. The van der Waals surface area contributed by atoms with Gasteiger partial charge < -0.3 is 14.8 Å². The first-order valence-corrected chi connectivity index (χ1v) is 11.1. The number of thiophene rings is 1. The van der Waals surface area contributed by atoms with Gasteiger partial charge in [-0.05, 0) is 18.6 Å². The smallest absolute Gasteiger partial charge is 0.264 e. The summed E-state index contributed by atoms with van der Waals surface area (Å²) < 4.78 is 26.7. The number of carbonyl (C=O) groups is 1. The Morgan fingerprint density at radius 3 is 2.89 bits per heavy atom. The number of nitrogens with zero attached hydrogens (tertiary/aromatic N) is 3. The van der Waals surface area contributed by atoms with E-state index in [0.29, 0.717) is 30.9 Å². The molecule has 1 atom stereocenters. The molecule has 1 unspecified atom stereocenters. The van der Waals surface area contributed by atoms with Crippen molar-refractivity contribution in [3.05, 3.63) is 40.1 Å². The monoisotopic (exact) mass is 433 g/mol. The predicted molar refractivity (Wildman–Crippen MR) is 108 cm³/mol. The van der Waals surface area contributed by atoms with Crippen molar-refractivity contribution in [2.75, 3.05) is 32.4 Å². The maximum absolute atomic E-state index is 13.0. The molecule has 1 aliphatic heterocycles. The Morgan fingerprint density at radius 1 is 1.44 bits per heavy atom. The third-order valence-electron chi connectivity index (χ3n) is 4.27. The quantitative estimate of drug-likeness (QED) is 0.701. The number of sulfonamides is 1. The molecule has 0 aliphatic carbocycles. The summed E-state index contributed by atoms with van der Waals surface area (Å²) in [6.07, 6.45) is 5.32. The summed E-state index contributed by atoms with van der Waals surface area (Å²) >= 11 is 1.42. The molecular weight excluding hydrogens is 410 g/mol. The molecule has 0 aromatic carbocycles. The lowest BCUT2D eigenvalue weighted by Crippen LogP contribution is -2.49. The molecule has 27 heavy (non-hydrogen) atoms. The van der Waals surface area contributed by atoms with Crippen molar-refractivity contribution >= 4 is 39.7 Å². The molecule has 0 radical (unpaired) electrons. The van der Waals surface area contributed by atoms with Gasteiger partial charge in [-0.15, -0.1) is 23.7 Å². The van der Waals surface area contributed by atoms with E-state index in [1.807, 2.05) is 34.8 Å². The number of hydrogen-bond donors (Lipinski definition) is 2. The molecule has 8 nitrogen and oxygen atoms in total. The second kappa shape index (κ2) is 9.16. The lowest BCUT2D eigenvalue weighted by molar-refractivity contribution is 0.0626. The van der Waals surface area contributed by atoms with Gasteiger partial charge in [-0.3, -0.25) is 4.79 Å². The van der Waals surface area contributed by atoms with Gasteiger partial charge in [0.05, 0.1) is 11.1 Å². The van der Waals surface area contributed by atoms with Crippen molar-refractivity contribution < 1.29 is 13.2 Å². The second-order valence-electron chi connectivity index (χ2n) is 6.30. The molecule has 3 rings (SSSR count). The summed E-state index contributed by atoms with van der Waals surface area (Å²) in [6.45, 7) is 2.38. The van der Waals surface area contributed by atoms with E-state index >= 15 is 0 Å². The first-order valence-electron chi connectivity index (χ1n) is 8.37. The molecule has 2 N–H and O–H groups in total. The van der Waals surface area contributed by atoms with Crippen LogP contribution >= 0.6 is 23.7 Å². The highest BCUT2D eigenvalue weighted by molar-refractivity contribution is 7.88. The standard InChI is InChI=1S/C16H23N5O3S2.ClH/c1-20-9-8-18-15(20)13-11-17-7-10-21(13)16(22)14-4-3-12(25-14)5-6-19-26(2,23)24;/h3-4,8-9,13,17,19H,5-7,10-11H2,1-2H3;1H. The van der Waals surface area contributed by atoms with Crippen LogP contribution in [0, 0.1) is 0 Å². The molecule has 1 fully saturated rings. The lowest BCUT2D eigenvalue weighted by atomic mass is 10.1. The zero-order valence-corrected chi connectivity index (χ0v) is 17.7. The zero-order chi connectivity index (χ0) is 18.7. The van der Waals surface area contributed by atoms with E-state index in [-0.39, 0.29) is 24.4 Å². The highest BCUT2D eigenvalue weighted by atomic mass is 35.5. The van der Waals surface area contributed by atoms with Crippen LogP contribution in [0.4, 0.5) is 0 Å². The van der Waals surface area contributed by atoms with Gasteiger partial charge in [0, 0.05) is 50.5 Å². The van der Waals surface area contributed by atoms with Crippen LogP contribution in [-0.4, -0.2) is 61.2 Å². The fraction of sp³-hybridized carbons (Fsp3) is 0.500. The maximum atomic E-state index is 13.0. The van der Waals surface area contributed by atoms with Gasteiger partial charge in [0.25, 0.3) is 5.91 Å². The highest BCUT2D eigenvalue weighted by Gasteiger charge is 2.31. The minimum absolute atomic E-state index is 0. The van der Waals surface area contributed by atoms with Crippen LogP contribution in [0.15, 0.2) is 24.5 Å². The van der Waals surface area contributed by atoms with Crippen LogP contribution in [0.5, 0.6) is 0 Å². The number of aromatic nitrogens is 2. The second-order valence-corrected chi connectivity index (χ2v) is 9.30. The van der Waals surface area contributed by atoms with Crippen LogP contribution < -0.4 is 10.0 Å². The number of rotatable bonds is 6. The summed E-state index contributed by atoms with van der Waals surface area (Å²) in [4.78, 5) is 20.9. The van der Waals surface area contributed by atoms with E-state index < -0.39 is 10.0 Å². The van der Waals surface area contributed by atoms with Crippen molar-refractivity contribution in [3.63, 3.8) is 0 Å². The van der Waals surface area contributed by atoms with Crippen LogP contribution in [-0.2, 0) is 23.5 Å². The molecule has 150 valence electrons. The number of imidazole rings is 1. The fourth-order valence-electron chi connectivity index (χ4n) is 3.00. The average molecular weight is 434 g/mol. The Kier molecular flexibility index (Phi) is 7.40. The van der Waals surface area contributed by atoms with Crippen molar-refractivity contribution in [2.24, 2.45) is 7.05 Å². The molecule has 1 amide bonds.